The van der Waals surface area contributed by atoms with E-state index in [0.717, 1.165) is 22.0 Å². The highest BCUT2D eigenvalue weighted by atomic mass is 35.5. The summed E-state index contributed by atoms with van der Waals surface area (Å²) in [5.74, 6) is 0.514. The van der Waals surface area contributed by atoms with E-state index in [2.05, 4.69) is 10.4 Å². The average Bonchev–Trinajstić information content (AvgIpc) is 3.48. The summed E-state index contributed by atoms with van der Waals surface area (Å²) in [4.78, 5) is 28.1. The number of carbonyl (C=O) groups excluding carboxylic acids is 1. The second-order valence-electron chi connectivity index (χ2n) is 6.74. The topological polar surface area (TPSA) is 102 Å². The molecule has 12 heteroatoms. The molecule has 2 aromatic heterocycles. The number of aromatic nitrogens is 1. The van der Waals surface area contributed by atoms with Gasteiger partial charge in [0, 0.05) is 23.8 Å². The number of nitro groups is 1. The van der Waals surface area contributed by atoms with E-state index in [1.807, 2.05) is 24.3 Å². The van der Waals surface area contributed by atoms with Crippen molar-refractivity contribution in [2.75, 3.05) is 5.43 Å². The smallest absolute Gasteiger partial charge is 0.285 e. The quantitative estimate of drug-likeness (QED) is 0.142. The number of rotatable bonds is 5. The number of nitro benzene ring substituents is 1. The zero-order valence-electron chi connectivity index (χ0n) is 16.4. The number of thiazole rings is 1. The molecule has 8 nitrogen and oxygen atoms in total. The third-order valence-electron chi connectivity index (χ3n) is 4.62. The molecule has 1 fully saturated rings. The number of non-ortho nitro benzene ring substituents is 1. The fourth-order valence-electron chi connectivity index (χ4n) is 3.10. The number of furan rings is 1. The van der Waals surface area contributed by atoms with Crippen LogP contribution in [0.5, 0.6) is 0 Å². The number of benzene rings is 2. The highest BCUT2D eigenvalue weighted by molar-refractivity contribution is 8.26. The first-order valence-corrected chi connectivity index (χ1v) is 11.8. The van der Waals surface area contributed by atoms with E-state index >= 15 is 0 Å². The van der Waals surface area contributed by atoms with Gasteiger partial charge in [0.2, 0.25) is 5.13 Å². The first-order chi connectivity index (χ1) is 15.9. The molecule has 1 saturated heterocycles. The molecule has 0 spiro atoms. The maximum Gasteiger partial charge on any atom is 0.285 e. The van der Waals surface area contributed by atoms with Crippen LogP contribution in [0.3, 0.4) is 0 Å². The van der Waals surface area contributed by atoms with E-state index in [-0.39, 0.29) is 16.6 Å². The van der Waals surface area contributed by atoms with Gasteiger partial charge in [0.05, 0.1) is 25.1 Å². The van der Waals surface area contributed by atoms with Gasteiger partial charge in [-0.2, -0.15) is 5.01 Å². The number of nitrogens with zero attached hydrogens (tertiary/aromatic N) is 3. The predicted octanol–water partition coefficient (Wildman–Crippen LogP) is 6.35. The molecule has 1 aliphatic heterocycles. The number of nitrogens with one attached hydrogen (secondary N) is 1. The van der Waals surface area contributed by atoms with E-state index in [0.29, 0.717) is 31.4 Å². The Hall–Kier alpha value is -3.25. The molecule has 33 heavy (non-hydrogen) atoms. The number of carbonyl (C=O) groups is 1. The van der Waals surface area contributed by atoms with Crippen LogP contribution in [-0.4, -0.2) is 25.1 Å². The van der Waals surface area contributed by atoms with Crippen molar-refractivity contribution in [3.05, 3.63) is 80.4 Å². The van der Waals surface area contributed by atoms with Crippen LogP contribution in [0.2, 0.25) is 5.02 Å². The van der Waals surface area contributed by atoms with E-state index in [9.17, 15) is 14.9 Å². The molecule has 3 heterocycles. The van der Waals surface area contributed by atoms with Gasteiger partial charge in [-0.25, -0.2) is 4.98 Å². The Bertz CT molecular complexity index is 1450. The lowest BCUT2D eigenvalue weighted by Gasteiger charge is -2.14. The van der Waals surface area contributed by atoms with Crippen molar-refractivity contribution in [2.24, 2.45) is 0 Å². The number of amides is 1. The molecule has 0 bridgehead atoms. The molecule has 5 rings (SSSR count). The van der Waals surface area contributed by atoms with Crippen LogP contribution in [-0.2, 0) is 4.79 Å². The van der Waals surface area contributed by atoms with E-state index in [4.69, 9.17) is 28.2 Å². The predicted molar refractivity (Wildman–Crippen MR) is 134 cm³/mol. The zero-order valence-corrected chi connectivity index (χ0v) is 19.6. The molecule has 0 saturated carbocycles. The lowest BCUT2D eigenvalue weighted by atomic mass is 10.1. The monoisotopic (exact) mass is 514 g/mol. The van der Waals surface area contributed by atoms with Crippen molar-refractivity contribution < 1.29 is 14.1 Å². The van der Waals surface area contributed by atoms with Crippen LogP contribution in [0.15, 0.2) is 63.9 Å². The van der Waals surface area contributed by atoms with Crippen LogP contribution < -0.4 is 5.43 Å². The molecule has 1 amide bonds. The first-order valence-electron chi connectivity index (χ1n) is 9.33. The molecular formula is C21H11ClN4O4S3. The van der Waals surface area contributed by atoms with Crippen molar-refractivity contribution in [3.8, 4) is 11.3 Å². The van der Waals surface area contributed by atoms with Crippen LogP contribution in [0, 0.1) is 10.1 Å². The van der Waals surface area contributed by atoms with E-state index < -0.39 is 4.92 Å². The molecule has 2 aromatic carbocycles. The SMILES string of the molecule is O=C1C(=Cc2ccc(-c3ccc([N+](=O)[O-])cc3Cl)o2)SC(=S)N1Nc1nc2ccccc2s1. The van der Waals surface area contributed by atoms with Crippen LogP contribution in [0.25, 0.3) is 27.6 Å². The minimum atomic E-state index is -0.520. The number of thioether (sulfide) groups is 1. The van der Waals surface area contributed by atoms with Crippen LogP contribution in [0.4, 0.5) is 10.8 Å². The molecule has 0 atom stereocenters. The van der Waals surface area contributed by atoms with E-state index in [1.54, 1.807) is 18.2 Å². The molecule has 164 valence electrons. The zero-order chi connectivity index (χ0) is 23.1. The summed E-state index contributed by atoms with van der Waals surface area (Å²) in [5, 5.41) is 12.9. The van der Waals surface area contributed by atoms with Crippen molar-refractivity contribution in [1.29, 1.82) is 0 Å². The van der Waals surface area contributed by atoms with Crippen molar-refractivity contribution in [3.63, 3.8) is 0 Å². The summed E-state index contributed by atoms with van der Waals surface area (Å²) < 4.78 is 7.14. The largest absolute Gasteiger partial charge is 0.457 e. The number of halogens is 1. The maximum absolute atomic E-state index is 12.9. The van der Waals surface area contributed by atoms with Gasteiger partial charge in [-0.05, 0) is 42.5 Å². The van der Waals surface area contributed by atoms with E-state index in [1.165, 1.54) is 34.5 Å². The highest BCUT2D eigenvalue weighted by Crippen LogP contribution is 2.36. The summed E-state index contributed by atoms with van der Waals surface area (Å²) in [7, 11) is 0. The number of para-hydroxylation sites is 1. The Morgan fingerprint density at radius 3 is 2.79 bits per heavy atom. The number of fused-ring (bicyclic) bond motifs is 1. The normalized spacial score (nSPS) is 15.1. The summed E-state index contributed by atoms with van der Waals surface area (Å²) >= 11 is 14.1. The second kappa shape index (κ2) is 8.60. The lowest BCUT2D eigenvalue weighted by molar-refractivity contribution is -0.384. The van der Waals surface area contributed by atoms with Crippen LogP contribution in [0.1, 0.15) is 5.76 Å². The Balaban J connectivity index is 1.36. The molecule has 1 aliphatic rings. The maximum atomic E-state index is 12.9. The van der Waals surface area contributed by atoms with Gasteiger partial charge >= 0.3 is 0 Å². The number of hydrogen-bond acceptors (Lipinski definition) is 9. The fourth-order valence-corrected chi connectivity index (χ4v) is 5.38. The van der Waals surface area contributed by atoms with Crippen molar-refractivity contribution in [2.45, 2.75) is 0 Å². The first kappa shape index (κ1) is 21.6. The van der Waals surface area contributed by atoms with Gasteiger partial charge in [0.25, 0.3) is 11.6 Å². The summed E-state index contributed by atoms with van der Waals surface area (Å²) in [6, 6.07) is 15.2. The van der Waals surface area contributed by atoms with Gasteiger partial charge < -0.3 is 4.42 Å². The third kappa shape index (κ3) is 4.23. The van der Waals surface area contributed by atoms with Crippen molar-refractivity contribution >= 4 is 84.3 Å². The van der Waals surface area contributed by atoms with Gasteiger partial charge in [-0.1, -0.05) is 46.8 Å². The molecule has 4 aromatic rings. The Kier molecular flexibility index (Phi) is 5.62. The van der Waals surface area contributed by atoms with Crippen molar-refractivity contribution in [1.82, 2.24) is 9.99 Å². The summed E-state index contributed by atoms with van der Waals surface area (Å²) in [5.41, 5.74) is 4.21. The molecule has 0 radical (unpaired) electrons. The number of hydrogen-bond donors (Lipinski definition) is 1. The lowest BCUT2D eigenvalue weighted by Crippen LogP contribution is -2.33. The summed E-state index contributed by atoms with van der Waals surface area (Å²) in [6.45, 7) is 0. The number of thiocarbonyl (C=S) groups is 1. The molecule has 0 unspecified atom stereocenters. The summed E-state index contributed by atoms with van der Waals surface area (Å²) in [6.07, 6.45) is 1.59. The Labute approximate surface area is 205 Å². The number of hydrazine groups is 1. The van der Waals surface area contributed by atoms with Gasteiger partial charge in [0.1, 0.15) is 11.5 Å². The third-order valence-corrected chi connectivity index (χ3v) is 7.18. The van der Waals surface area contributed by atoms with Gasteiger partial charge in [-0.3, -0.25) is 20.3 Å². The Morgan fingerprint density at radius 1 is 1.21 bits per heavy atom. The molecular weight excluding hydrogens is 504 g/mol. The fraction of sp³-hybridized carbons (Fsp3) is 0. The van der Waals surface area contributed by atoms with Gasteiger partial charge in [0.15, 0.2) is 4.32 Å². The van der Waals surface area contributed by atoms with Gasteiger partial charge in [-0.15, -0.1) is 0 Å². The standard InChI is InChI=1S/C21H11ClN4O4S3/c22-14-9-11(26(28)29)5-7-13(14)16-8-6-12(30-16)10-18-19(27)25(21(31)33-18)24-20-23-15-3-1-2-4-17(15)32-20/h1-10H,(H,23,24). The minimum absolute atomic E-state index is 0.111. The molecule has 1 N–H and O–H groups in total. The molecule has 0 aliphatic carbocycles. The Morgan fingerprint density at radius 2 is 2.03 bits per heavy atom. The average molecular weight is 515 g/mol. The van der Waals surface area contributed by atoms with Crippen LogP contribution >= 0.6 is 46.9 Å². The second-order valence-corrected chi connectivity index (χ2v) is 9.85. The number of anilines is 1. The highest BCUT2D eigenvalue weighted by Gasteiger charge is 2.33. The minimum Gasteiger partial charge on any atom is -0.457 e.